The second-order valence-electron chi connectivity index (χ2n) is 4.21. The molecular weight excluding hydrogens is 362 g/mol. The molecule has 9 heteroatoms. The zero-order chi connectivity index (χ0) is 15.7. The maximum atomic E-state index is 12.8. The van der Waals surface area contributed by atoms with Gasteiger partial charge in [-0.3, -0.25) is 4.79 Å². The van der Waals surface area contributed by atoms with Crippen molar-refractivity contribution >= 4 is 27.9 Å². The fourth-order valence-corrected chi connectivity index (χ4v) is 2.24. The smallest absolute Gasteiger partial charge is 0.299 e. The summed E-state index contributed by atoms with van der Waals surface area (Å²) in [6.45, 7) is 0. The van der Waals surface area contributed by atoms with E-state index in [0.29, 0.717) is 22.1 Å². The van der Waals surface area contributed by atoms with Crippen molar-refractivity contribution in [3.05, 3.63) is 46.2 Å². The van der Waals surface area contributed by atoms with Gasteiger partial charge in [0.2, 0.25) is 11.7 Å². The second kappa shape index (κ2) is 5.76. The Morgan fingerprint density at radius 3 is 2.73 bits per heavy atom. The Balaban J connectivity index is 1.97. The van der Waals surface area contributed by atoms with Gasteiger partial charge in [-0.05, 0) is 40.2 Å². The molecule has 0 unspecified atom stereocenters. The Morgan fingerprint density at radius 1 is 1.23 bits per heavy atom. The highest BCUT2D eigenvalue weighted by Crippen LogP contribution is 2.29. The lowest BCUT2D eigenvalue weighted by Gasteiger charge is -2.07. The van der Waals surface area contributed by atoms with Crippen LogP contribution in [0.5, 0.6) is 11.6 Å². The van der Waals surface area contributed by atoms with E-state index in [2.05, 4.69) is 31.2 Å². The van der Waals surface area contributed by atoms with E-state index in [1.165, 1.54) is 12.1 Å². The molecule has 0 atom stereocenters. The molecule has 0 spiro atoms. The van der Waals surface area contributed by atoms with Crippen molar-refractivity contribution in [2.75, 3.05) is 0 Å². The van der Waals surface area contributed by atoms with Gasteiger partial charge in [0.05, 0.1) is 4.47 Å². The molecule has 22 heavy (non-hydrogen) atoms. The van der Waals surface area contributed by atoms with E-state index in [1.54, 1.807) is 18.2 Å². The van der Waals surface area contributed by atoms with Gasteiger partial charge in [0.15, 0.2) is 5.65 Å². The third-order valence-electron chi connectivity index (χ3n) is 2.76. The molecule has 6 nitrogen and oxygen atoms in total. The summed E-state index contributed by atoms with van der Waals surface area (Å²) in [6, 6.07) is 7.66. The van der Waals surface area contributed by atoms with Crippen LogP contribution in [0.4, 0.5) is 8.78 Å². The van der Waals surface area contributed by atoms with Crippen molar-refractivity contribution in [1.82, 2.24) is 19.8 Å². The molecule has 0 saturated carbocycles. The highest BCUT2D eigenvalue weighted by Gasteiger charge is 2.17. The van der Waals surface area contributed by atoms with Gasteiger partial charge < -0.3 is 4.74 Å². The number of hydrogen-bond acceptors (Lipinski definition) is 5. The van der Waals surface area contributed by atoms with Gasteiger partial charge in [-0.1, -0.05) is 0 Å². The summed E-state index contributed by atoms with van der Waals surface area (Å²) in [6.07, 6.45) is -2.10. The van der Waals surface area contributed by atoms with Crippen LogP contribution in [0.3, 0.4) is 0 Å². The van der Waals surface area contributed by atoms with Gasteiger partial charge in [-0.2, -0.15) is 4.52 Å². The number of aromatic nitrogens is 4. The molecule has 0 amide bonds. The van der Waals surface area contributed by atoms with Crippen LogP contribution in [0.1, 0.15) is 22.6 Å². The molecule has 1 aromatic carbocycles. The molecule has 2 aromatic heterocycles. The van der Waals surface area contributed by atoms with E-state index in [1.807, 2.05) is 0 Å². The average Bonchev–Trinajstić information content (AvgIpc) is 2.92. The lowest BCUT2D eigenvalue weighted by molar-refractivity contribution is 0.112. The number of nitrogens with zero attached hydrogens (tertiary/aromatic N) is 4. The van der Waals surface area contributed by atoms with E-state index in [-0.39, 0.29) is 11.5 Å². The zero-order valence-electron chi connectivity index (χ0n) is 10.8. The second-order valence-corrected chi connectivity index (χ2v) is 5.06. The van der Waals surface area contributed by atoms with Crippen LogP contribution in [0.2, 0.25) is 0 Å². The van der Waals surface area contributed by atoms with Crippen molar-refractivity contribution in [2.24, 2.45) is 0 Å². The molecule has 0 saturated heterocycles. The predicted octanol–water partition coefficient (Wildman–Crippen LogP) is 3.43. The van der Waals surface area contributed by atoms with E-state index in [9.17, 15) is 13.6 Å². The van der Waals surface area contributed by atoms with Crippen molar-refractivity contribution in [3.63, 3.8) is 0 Å². The fourth-order valence-electron chi connectivity index (χ4n) is 1.76. The first-order chi connectivity index (χ1) is 10.6. The Morgan fingerprint density at radius 2 is 2.05 bits per heavy atom. The van der Waals surface area contributed by atoms with Crippen LogP contribution >= 0.6 is 15.9 Å². The van der Waals surface area contributed by atoms with Crippen molar-refractivity contribution < 1.29 is 18.3 Å². The van der Waals surface area contributed by atoms with E-state index in [4.69, 9.17) is 4.74 Å². The Labute approximate surface area is 130 Å². The summed E-state index contributed by atoms with van der Waals surface area (Å²) in [5, 5.41) is 10.9. The van der Waals surface area contributed by atoms with Gasteiger partial charge in [0.25, 0.3) is 6.43 Å². The van der Waals surface area contributed by atoms with Crippen LogP contribution < -0.4 is 4.74 Å². The van der Waals surface area contributed by atoms with Crippen LogP contribution in [0.15, 0.2) is 34.8 Å². The van der Waals surface area contributed by atoms with Gasteiger partial charge >= 0.3 is 0 Å². The fraction of sp³-hybridized carbons (Fsp3) is 0.0769. The largest absolute Gasteiger partial charge is 0.436 e. The highest BCUT2D eigenvalue weighted by atomic mass is 79.9. The number of ether oxygens (including phenoxy) is 1. The first-order valence-electron chi connectivity index (χ1n) is 6.01. The van der Waals surface area contributed by atoms with Gasteiger partial charge in [-0.25, -0.2) is 8.78 Å². The van der Waals surface area contributed by atoms with Crippen molar-refractivity contribution in [2.45, 2.75) is 6.43 Å². The molecule has 0 bridgehead atoms. The summed E-state index contributed by atoms with van der Waals surface area (Å²) >= 11 is 3.26. The molecule has 0 radical (unpaired) electrons. The molecule has 0 aliphatic carbocycles. The van der Waals surface area contributed by atoms with E-state index in [0.717, 1.165) is 4.52 Å². The third-order valence-corrected chi connectivity index (χ3v) is 3.38. The van der Waals surface area contributed by atoms with Crippen LogP contribution in [-0.2, 0) is 0 Å². The number of carbonyl (C=O) groups is 1. The monoisotopic (exact) mass is 368 g/mol. The van der Waals surface area contributed by atoms with Crippen molar-refractivity contribution in [1.29, 1.82) is 0 Å². The van der Waals surface area contributed by atoms with Gasteiger partial charge in [-0.15, -0.1) is 15.3 Å². The quantitative estimate of drug-likeness (QED) is 0.659. The van der Waals surface area contributed by atoms with Crippen molar-refractivity contribution in [3.8, 4) is 11.6 Å². The van der Waals surface area contributed by atoms with E-state index < -0.39 is 12.2 Å². The molecule has 3 aromatic rings. The SMILES string of the molecule is O=Cc1ccc(Oc2ccc3nnc(C(F)F)n3n2)c(Br)c1. The number of hydrogen-bond donors (Lipinski definition) is 0. The normalized spacial score (nSPS) is 11.1. The summed E-state index contributed by atoms with van der Waals surface area (Å²) in [5.41, 5.74) is 0.666. The van der Waals surface area contributed by atoms with Gasteiger partial charge in [0.1, 0.15) is 12.0 Å². The molecule has 2 heterocycles. The summed E-state index contributed by atoms with van der Waals surface area (Å²) < 4.78 is 32.6. The number of aldehydes is 1. The minimum atomic E-state index is -2.80. The first-order valence-corrected chi connectivity index (χ1v) is 6.81. The van der Waals surface area contributed by atoms with Gasteiger partial charge in [0, 0.05) is 11.6 Å². The number of halogens is 3. The molecule has 112 valence electrons. The lowest BCUT2D eigenvalue weighted by Crippen LogP contribution is -2.01. The van der Waals surface area contributed by atoms with Crippen LogP contribution in [0, 0.1) is 0 Å². The first kappa shape index (κ1) is 14.5. The average molecular weight is 369 g/mol. The summed E-state index contributed by atoms with van der Waals surface area (Å²) in [7, 11) is 0. The van der Waals surface area contributed by atoms with Crippen LogP contribution in [0.25, 0.3) is 5.65 Å². The Kier molecular flexibility index (Phi) is 3.80. The lowest BCUT2D eigenvalue weighted by atomic mass is 10.2. The predicted molar refractivity (Wildman–Crippen MR) is 75.3 cm³/mol. The Hall–Kier alpha value is -2.42. The standard InChI is InChI=1S/C13H7BrF2N4O2/c14-8-5-7(6-21)1-2-9(8)22-11-4-3-10-17-18-13(12(15)16)20(10)19-11/h1-6,12H. The molecule has 0 aliphatic heterocycles. The number of alkyl halides is 2. The minimum Gasteiger partial charge on any atom is -0.436 e. The number of benzene rings is 1. The number of carbonyl (C=O) groups excluding carboxylic acids is 1. The third kappa shape index (κ3) is 2.67. The highest BCUT2D eigenvalue weighted by molar-refractivity contribution is 9.10. The molecule has 0 fully saturated rings. The number of fused-ring (bicyclic) bond motifs is 1. The molecular formula is C13H7BrF2N4O2. The minimum absolute atomic E-state index is 0.0914. The Bertz CT molecular complexity index is 853. The summed E-state index contributed by atoms with van der Waals surface area (Å²) in [5.74, 6) is -0.0753. The molecule has 0 aliphatic rings. The maximum Gasteiger partial charge on any atom is 0.299 e. The van der Waals surface area contributed by atoms with E-state index >= 15 is 0 Å². The molecule has 3 rings (SSSR count). The maximum absolute atomic E-state index is 12.8. The molecule has 0 N–H and O–H groups in total. The zero-order valence-corrected chi connectivity index (χ0v) is 12.4. The summed E-state index contributed by atoms with van der Waals surface area (Å²) in [4.78, 5) is 10.7. The topological polar surface area (TPSA) is 69.4 Å². The van der Waals surface area contributed by atoms with Crippen LogP contribution in [-0.4, -0.2) is 26.1 Å². The number of rotatable bonds is 4.